The Kier molecular flexibility index (Phi) is 2.59. The lowest BCUT2D eigenvalue weighted by molar-refractivity contribution is -0.158. The molecule has 4 heteroatoms. The van der Waals surface area contributed by atoms with Gasteiger partial charge in [-0.05, 0) is 32.4 Å². The third kappa shape index (κ3) is 1.99. The SMILES string of the molecule is CC(=O)O[C@@H]1C=C(C)[C@@]2(COC(C)(C)O2)C1. The molecule has 0 aromatic carbocycles. The van der Waals surface area contributed by atoms with Crippen LogP contribution in [0.15, 0.2) is 11.6 Å². The van der Waals surface area contributed by atoms with Crippen molar-refractivity contribution in [2.75, 3.05) is 6.61 Å². The van der Waals surface area contributed by atoms with E-state index in [0.717, 1.165) is 5.57 Å². The second kappa shape index (κ2) is 3.57. The van der Waals surface area contributed by atoms with E-state index in [1.54, 1.807) is 0 Å². The number of hydrogen-bond acceptors (Lipinski definition) is 4. The van der Waals surface area contributed by atoms with Gasteiger partial charge in [-0.2, -0.15) is 0 Å². The summed E-state index contributed by atoms with van der Waals surface area (Å²) in [6, 6.07) is 0. The minimum atomic E-state index is -0.555. The molecule has 0 bridgehead atoms. The van der Waals surface area contributed by atoms with Gasteiger partial charge in [0, 0.05) is 13.3 Å². The molecule has 2 rings (SSSR count). The molecule has 2 atom stereocenters. The molecule has 1 fully saturated rings. The van der Waals surface area contributed by atoms with Crippen molar-refractivity contribution in [3.8, 4) is 0 Å². The van der Waals surface area contributed by atoms with Crippen molar-refractivity contribution in [1.82, 2.24) is 0 Å². The van der Waals surface area contributed by atoms with Crippen molar-refractivity contribution in [2.45, 2.75) is 51.6 Å². The Hall–Kier alpha value is -0.870. The third-order valence-electron chi connectivity index (χ3n) is 3.10. The van der Waals surface area contributed by atoms with Gasteiger partial charge in [0.1, 0.15) is 11.7 Å². The van der Waals surface area contributed by atoms with Gasteiger partial charge in [0.25, 0.3) is 0 Å². The topological polar surface area (TPSA) is 44.8 Å². The summed E-state index contributed by atoms with van der Waals surface area (Å²) in [5.41, 5.74) is 0.688. The van der Waals surface area contributed by atoms with Crippen molar-refractivity contribution >= 4 is 5.97 Å². The Labute approximate surface area is 95.6 Å². The maximum atomic E-state index is 10.9. The Morgan fingerprint density at radius 2 is 2.25 bits per heavy atom. The van der Waals surface area contributed by atoms with Crippen LogP contribution < -0.4 is 0 Å². The van der Waals surface area contributed by atoms with E-state index in [4.69, 9.17) is 14.2 Å². The Morgan fingerprint density at radius 1 is 1.56 bits per heavy atom. The van der Waals surface area contributed by atoms with E-state index in [9.17, 15) is 4.79 Å². The first-order valence-electron chi connectivity index (χ1n) is 5.53. The minimum Gasteiger partial charge on any atom is -0.458 e. The van der Waals surface area contributed by atoms with Crippen molar-refractivity contribution in [3.63, 3.8) is 0 Å². The molecule has 0 amide bonds. The standard InChI is InChI=1S/C12H18O4/c1-8-5-10(15-9(2)13)6-12(8)7-14-11(3,4)16-12/h5,10H,6-7H2,1-4H3/t10-,12+/m1/s1. The van der Waals surface area contributed by atoms with E-state index in [-0.39, 0.29) is 12.1 Å². The van der Waals surface area contributed by atoms with Gasteiger partial charge in [0.2, 0.25) is 0 Å². The zero-order valence-corrected chi connectivity index (χ0v) is 10.2. The molecule has 0 N–H and O–H groups in total. The van der Waals surface area contributed by atoms with Crippen LogP contribution in [0.4, 0.5) is 0 Å². The van der Waals surface area contributed by atoms with Gasteiger partial charge in [-0.25, -0.2) is 0 Å². The first kappa shape index (κ1) is 11.6. The van der Waals surface area contributed by atoms with Crippen LogP contribution in [0.2, 0.25) is 0 Å². The molecule has 4 nitrogen and oxygen atoms in total. The van der Waals surface area contributed by atoms with Crippen LogP contribution in [0.25, 0.3) is 0 Å². The molecule has 1 aliphatic heterocycles. The maximum absolute atomic E-state index is 10.9. The lowest BCUT2D eigenvalue weighted by Gasteiger charge is -2.26. The first-order chi connectivity index (χ1) is 7.33. The van der Waals surface area contributed by atoms with E-state index < -0.39 is 11.4 Å². The van der Waals surface area contributed by atoms with E-state index in [1.807, 2.05) is 26.8 Å². The van der Waals surface area contributed by atoms with Crippen molar-refractivity contribution in [1.29, 1.82) is 0 Å². The Bertz CT molecular complexity index is 345. The largest absolute Gasteiger partial charge is 0.458 e. The summed E-state index contributed by atoms with van der Waals surface area (Å²) in [7, 11) is 0. The fourth-order valence-corrected chi connectivity index (χ4v) is 2.38. The molecular weight excluding hydrogens is 208 g/mol. The van der Waals surface area contributed by atoms with Crippen LogP contribution >= 0.6 is 0 Å². The molecule has 0 unspecified atom stereocenters. The van der Waals surface area contributed by atoms with Gasteiger partial charge in [-0.1, -0.05) is 0 Å². The van der Waals surface area contributed by atoms with Crippen molar-refractivity contribution in [3.05, 3.63) is 11.6 Å². The number of rotatable bonds is 1. The molecule has 1 spiro atoms. The van der Waals surface area contributed by atoms with Crippen molar-refractivity contribution in [2.24, 2.45) is 0 Å². The molecule has 0 saturated carbocycles. The third-order valence-corrected chi connectivity index (χ3v) is 3.10. The van der Waals surface area contributed by atoms with E-state index in [0.29, 0.717) is 13.0 Å². The maximum Gasteiger partial charge on any atom is 0.303 e. The van der Waals surface area contributed by atoms with Gasteiger partial charge >= 0.3 is 5.97 Å². The molecule has 0 radical (unpaired) electrons. The smallest absolute Gasteiger partial charge is 0.303 e. The van der Waals surface area contributed by atoms with Crippen LogP contribution in [-0.4, -0.2) is 30.1 Å². The van der Waals surface area contributed by atoms with Gasteiger partial charge < -0.3 is 14.2 Å². The molecular formula is C12H18O4. The van der Waals surface area contributed by atoms with Crippen molar-refractivity contribution < 1.29 is 19.0 Å². The van der Waals surface area contributed by atoms with E-state index in [1.165, 1.54) is 6.92 Å². The molecule has 1 heterocycles. The Balaban J connectivity index is 2.10. The molecule has 0 aromatic heterocycles. The predicted molar refractivity (Wildman–Crippen MR) is 57.8 cm³/mol. The summed E-state index contributed by atoms with van der Waals surface area (Å²) in [6.45, 7) is 7.74. The second-order valence-corrected chi connectivity index (χ2v) is 4.99. The van der Waals surface area contributed by atoms with Gasteiger partial charge in [0.15, 0.2) is 5.79 Å². The predicted octanol–water partition coefficient (Wildman–Crippen LogP) is 1.79. The highest BCUT2D eigenvalue weighted by atomic mass is 16.8. The lowest BCUT2D eigenvalue weighted by Crippen LogP contribution is -2.35. The fraction of sp³-hybridized carbons (Fsp3) is 0.750. The van der Waals surface area contributed by atoms with E-state index in [2.05, 4.69) is 0 Å². The van der Waals surface area contributed by atoms with Gasteiger partial charge in [0.05, 0.1) is 6.61 Å². The minimum absolute atomic E-state index is 0.185. The molecule has 16 heavy (non-hydrogen) atoms. The van der Waals surface area contributed by atoms with Gasteiger partial charge in [-0.15, -0.1) is 0 Å². The number of hydrogen-bond donors (Lipinski definition) is 0. The fourth-order valence-electron chi connectivity index (χ4n) is 2.38. The first-order valence-corrected chi connectivity index (χ1v) is 5.53. The zero-order valence-electron chi connectivity index (χ0n) is 10.2. The average Bonchev–Trinajstić information content (AvgIpc) is 2.54. The summed E-state index contributed by atoms with van der Waals surface area (Å²) < 4.78 is 16.7. The highest BCUT2D eigenvalue weighted by Gasteiger charge is 2.51. The zero-order chi connectivity index (χ0) is 12.0. The quantitative estimate of drug-likeness (QED) is 0.505. The highest BCUT2D eigenvalue weighted by Crippen LogP contribution is 2.43. The normalized spacial score (nSPS) is 36.5. The monoisotopic (exact) mass is 226 g/mol. The van der Waals surface area contributed by atoms with Gasteiger partial charge in [-0.3, -0.25) is 4.79 Å². The lowest BCUT2D eigenvalue weighted by atomic mass is 9.98. The molecule has 1 saturated heterocycles. The summed E-state index contributed by atoms with van der Waals surface area (Å²) >= 11 is 0. The number of carbonyl (C=O) groups excluding carboxylic acids is 1. The van der Waals surface area contributed by atoms with Crippen LogP contribution in [0.3, 0.4) is 0 Å². The Morgan fingerprint density at radius 3 is 2.75 bits per heavy atom. The number of ether oxygens (including phenoxy) is 3. The molecule has 90 valence electrons. The second-order valence-electron chi connectivity index (χ2n) is 4.99. The summed E-state index contributed by atoms with van der Waals surface area (Å²) in [5, 5.41) is 0. The number of carbonyl (C=O) groups is 1. The highest BCUT2D eigenvalue weighted by molar-refractivity contribution is 5.66. The van der Waals surface area contributed by atoms with Crippen LogP contribution in [0, 0.1) is 0 Å². The molecule has 2 aliphatic rings. The average molecular weight is 226 g/mol. The summed E-state index contributed by atoms with van der Waals surface area (Å²) in [5.74, 6) is -0.815. The molecule has 1 aliphatic carbocycles. The summed E-state index contributed by atoms with van der Waals surface area (Å²) in [4.78, 5) is 10.9. The molecule has 0 aromatic rings. The number of esters is 1. The summed E-state index contributed by atoms with van der Waals surface area (Å²) in [6.07, 6.45) is 2.42. The van der Waals surface area contributed by atoms with Crippen LogP contribution in [-0.2, 0) is 19.0 Å². The van der Waals surface area contributed by atoms with E-state index >= 15 is 0 Å². The van der Waals surface area contributed by atoms with Crippen LogP contribution in [0.5, 0.6) is 0 Å². The van der Waals surface area contributed by atoms with Crippen LogP contribution in [0.1, 0.15) is 34.1 Å².